The zero-order valence-electron chi connectivity index (χ0n) is 18.3. The monoisotopic (exact) mass is 460 g/mol. The van der Waals surface area contributed by atoms with Crippen molar-refractivity contribution in [2.75, 3.05) is 19.8 Å². The lowest BCUT2D eigenvalue weighted by Gasteiger charge is -2.43. The molecule has 1 amide bonds. The van der Waals surface area contributed by atoms with Gasteiger partial charge >= 0.3 is 6.09 Å². The lowest BCUT2D eigenvalue weighted by atomic mass is 9.90. The third-order valence-corrected chi connectivity index (χ3v) is 6.91. The molecule has 7 heteroatoms. The number of pyridine rings is 1. The highest BCUT2D eigenvalue weighted by Crippen LogP contribution is 2.44. The van der Waals surface area contributed by atoms with Crippen LogP contribution in [0.1, 0.15) is 29.0 Å². The molecule has 6 rings (SSSR count). The molecule has 2 unspecified atom stereocenters. The smallest absolute Gasteiger partial charge is 0.410 e. The van der Waals surface area contributed by atoms with Gasteiger partial charge in [0.25, 0.3) is 0 Å². The predicted molar refractivity (Wildman–Crippen MR) is 122 cm³/mol. The summed E-state index contributed by atoms with van der Waals surface area (Å²) in [4.78, 5) is 18.2. The van der Waals surface area contributed by atoms with Crippen molar-refractivity contribution < 1.29 is 23.0 Å². The van der Waals surface area contributed by atoms with E-state index < -0.39 is 18.0 Å². The van der Waals surface area contributed by atoms with E-state index in [0.717, 1.165) is 17.2 Å². The van der Waals surface area contributed by atoms with Gasteiger partial charge in [0.1, 0.15) is 6.61 Å². The van der Waals surface area contributed by atoms with Crippen molar-refractivity contribution in [1.29, 1.82) is 0 Å². The Balaban J connectivity index is 1.23. The van der Waals surface area contributed by atoms with Crippen molar-refractivity contribution in [3.05, 3.63) is 95.3 Å². The Labute approximate surface area is 195 Å². The first-order valence-electron chi connectivity index (χ1n) is 11.3. The summed E-state index contributed by atoms with van der Waals surface area (Å²) < 4.78 is 39.0. The Hall–Kier alpha value is -3.58. The van der Waals surface area contributed by atoms with E-state index in [2.05, 4.69) is 29.2 Å². The number of benzene rings is 2. The summed E-state index contributed by atoms with van der Waals surface area (Å²) in [6.07, 6.45) is 1.77. The lowest BCUT2D eigenvalue weighted by molar-refractivity contribution is -0.0331. The Morgan fingerprint density at radius 1 is 0.971 bits per heavy atom. The standard InChI is InChI=1S/C27H22F2N2O3/c28-25-10-9-19(26(29)30-25)16-11-17-13-33-14-18(12-16)31(17)27(32)34-15-24-22-7-3-1-5-20(22)21-6-2-4-8-23(21)24/h1-11,17-18,24H,12-15H2. The number of hydrogen-bond acceptors (Lipinski definition) is 4. The number of amides is 1. The number of carbonyl (C=O) groups is 1. The van der Waals surface area contributed by atoms with Crippen molar-refractivity contribution in [2.24, 2.45) is 0 Å². The molecule has 0 N–H and O–H groups in total. The normalized spacial score (nSPS) is 21.0. The maximum absolute atomic E-state index is 14.3. The molecule has 34 heavy (non-hydrogen) atoms. The highest BCUT2D eigenvalue weighted by atomic mass is 19.1. The number of rotatable bonds is 3. The molecule has 1 aromatic heterocycles. The number of carbonyl (C=O) groups excluding carboxylic acids is 1. The molecule has 1 saturated heterocycles. The number of ether oxygens (including phenoxy) is 2. The molecule has 3 aliphatic rings. The first kappa shape index (κ1) is 21.0. The number of nitrogens with zero attached hydrogens (tertiary/aromatic N) is 2. The highest BCUT2D eigenvalue weighted by molar-refractivity contribution is 5.79. The fraction of sp³-hybridized carbons (Fsp3) is 0.259. The number of morpholine rings is 1. The maximum Gasteiger partial charge on any atom is 0.410 e. The third-order valence-electron chi connectivity index (χ3n) is 6.91. The molecule has 1 aliphatic carbocycles. The van der Waals surface area contributed by atoms with Crippen LogP contribution in [0.3, 0.4) is 0 Å². The van der Waals surface area contributed by atoms with Gasteiger partial charge in [0.15, 0.2) is 0 Å². The minimum atomic E-state index is -0.860. The molecule has 0 spiro atoms. The van der Waals surface area contributed by atoms with Gasteiger partial charge in [0.05, 0.1) is 25.3 Å². The first-order valence-corrected chi connectivity index (χ1v) is 11.3. The molecule has 1 fully saturated rings. The summed E-state index contributed by atoms with van der Waals surface area (Å²) in [5.74, 6) is -1.73. The first-order chi connectivity index (χ1) is 16.6. The van der Waals surface area contributed by atoms with Crippen molar-refractivity contribution >= 4 is 11.7 Å². The molecule has 172 valence electrons. The Bertz CT molecular complexity index is 1260. The van der Waals surface area contributed by atoms with Gasteiger partial charge in [-0.25, -0.2) is 4.79 Å². The average molecular weight is 460 g/mol. The van der Waals surface area contributed by atoms with Crippen LogP contribution in [0, 0.1) is 11.9 Å². The molecule has 2 bridgehead atoms. The summed E-state index contributed by atoms with van der Waals surface area (Å²) in [5, 5.41) is 0. The average Bonchev–Trinajstić information content (AvgIpc) is 3.15. The second-order valence-electron chi connectivity index (χ2n) is 8.84. The van der Waals surface area contributed by atoms with E-state index >= 15 is 0 Å². The number of halogens is 2. The van der Waals surface area contributed by atoms with Crippen molar-refractivity contribution in [2.45, 2.75) is 24.4 Å². The molecular formula is C27H22F2N2O3. The van der Waals surface area contributed by atoms with Crippen molar-refractivity contribution in [3.8, 4) is 11.1 Å². The summed E-state index contributed by atoms with van der Waals surface area (Å²) >= 11 is 0. The van der Waals surface area contributed by atoms with Crippen LogP contribution in [0.4, 0.5) is 13.6 Å². The second kappa shape index (κ2) is 8.33. The number of hydrogen-bond donors (Lipinski definition) is 0. The molecule has 2 atom stereocenters. The molecule has 3 heterocycles. The summed E-state index contributed by atoms with van der Waals surface area (Å²) in [5.41, 5.74) is 5.60. The van der Waals surface area contributed by atoms with Gasteiger partial charge < -0.3 is 9.47 Å². The van der Waals surface area contributed by atoms with Crippen molar-refractivity contribution in [1.82, 2.24) is 9.88 Å². The van der Waals surface area contributed by atoms with Crippen LogP contribution < -0.4 is 0 Å². The largest absolute Gasteiger partial charge is 0.448 e. The third kappa shape index (κ3) is 3.47. The van der Waals surface area contributed by atoms with Crippen LogP contribution in [-0.2, 0) is 9.47 Å². The van der Waals surface area contributed by atoms with Crippen LogP contribution in [-0.4, -0.2) is 47.9 Å². The molecule has 2 aromatic carbocycles. The van der Waals surface area contributed by atoms with E-state index in [0.29, 0.717) is 25.2 Å². The van der Waals surface area contributed by atoms with Crippen molar-refractivity contribution in [3.63, 3.8) is 0 Å². The van der Waals surface area contributed by atoms with E-state index in [4.69, 9.17) is 9.47 Å². The van der Waals surface area contributed by atoms with E-state index in [1.807, 2.05) is 24.3 Å². The zero-order chi connectivity index (χ0) is 23.2. The van der Waals surface area contributed by atoms with Gasteiger partial charge in [-0.1, -0.05) is 54.6 Å². The van der Waals surface area contributed by atoms with E-state index in [9.17, 15) is 13.6 Å². The molecule has 5 nitrogen and oxygen atoms in total. The van der Waals surface area contributed by atoms with Gasteiger partial charge in [-0.2, -0.15) is 13.8 Å². The topological polar surface area (TPSA) is 51.7 Å². The van der Waals surface area contributed by atoms with E-state index in [1.165, 1.54) is 17.2 Å². The van der Waals surface area contributed by atoms with E-state index in [-0.39, 0.29) is 30.2 Å². The van der Waals surface area contributed by atoms with Gasteiger partial charge in [0.2, 0.25) is 11.9 Å². The van der Waals surface area contributed by atoms with Crippen LogP contribution in [0.2, 0.25) is 0 Å². The zero-order valence-corrected chi connectivity index (χ0v) is 18.3. The van der Waals surface area contributed by atoms with Crippen LogP contribution >= 0.6 is 0 Å². The molecular weight excluding hydrogens is 438 g/mol. The SMILES string of the molecule is O=C(OCC1c2ccccc2-c2ccccc21)N1C2C=C(c3ccc(F)nc3F)CC1COC2. The molecule has 3 aromatic rings. The van der Waals surface area contributed by atoms with Crippen LogP contribution in [0.15, 0.2) is 66.7 Å². The van der Waals surface area contributed by atoms with Gasteiger partial charge in [-0.3, -0.25) is 4.90 Å². The number of fused-ring (bicyclic) bond motifs is 5. The molecule has 2 aliphatic heterocycles. The minimum absolute atomic E-state index is 0.0253. The maximum atomic E-state index is 14.3. The quantitative estimate of drug-likeness (QED) is 0.507. The van der Waals surface area contributed by atoms with Gasteiger partial charge in [0, 0.05) is 11.5 Å². The van der Waals surface area contributed by atoms with Crippen LogP contribution in [0.5, 0.6) is 0 Å². The summed E-state index contributed by atoms with van der Waals surface area (Å²) in [7, 11) is 0. The summed E-state index contributed by atoms with van der Waals surface area (Å²) in [6, 6.07) is 18.2. The fourth-order valence-corrected chi connectivity index (χ4v) is 5.40. The Morgan fingerprint density at radius 3 is 2.35 bits per heavy atom. The van der Waals surface area contributed by atoms with Crippen LogP contribution in [0.25, 0.3) is 16.7 Å². The van der Waals surface area contributed by atoms with Gasteiger partial charge in [-0.05, 0) is 46.4 Å². The molecule has 0 saturated carbocycles. The number of aromatic nitrogens is 1. The van der Waals surface area contributed by atoms with E-state index in [1.54, 1.807) is 11.0 Å². The highest BCUT2D eigenvalue weighted by Gasteiger charge is 2.40. The summed E-state index contributed by atoms with van der Waals surface area (Å²) in [6.45, 7) is 0.853. The molecule has 0 radical (unpaired) electrons. The second-order valence-corrected chi connectivity index (χ2v) is 8.84. The van der Waals surface area contributed by atoms with Gasteiger partial charge in [-0.15, -0.1) is 0 Å². The minimum Gasteiger partial charge on any atom is -0.448 e. The predicted octanol–water partition coefficient (Wildman–Crippen LogP) is 5.17. The Kier molecular flexibility index (Phi) is 5.14. The fourth-order valence-electron chi connectivity index (χ4n) is 5.40. The lowest BCUT2D eigenvalue weighted by Crippen LogP contribution is -2.56. The Morgan fingerprint density at radius 2 is 1.68 bits per heavy atom.